The van der Waals surface area contributed by atoms with Gasteiger partial charge < -0.3 is 26.3 Å². The predicted octanol–water partition coefficient (Wildman–Crippen LogP) is 5.53. The van der Waals surface area contributed by atoms with E-state index in [9.17, 15) is 0 Å². The van der Waals surface area contributed by atoms with Gasteiger partial charge >= 0.3 is 0 Å². The molecule has 194 valence electrons. The number of aromatic nitrogens is 2. The van der Waals surface area contributed by atoms with Crippen molar-refractivity contribution in [2.45, 2.75) is 56.9 Å². The molecule has 5 N–H and O–H groups in total. The summed E-state index contributed by atoms with van der Waals surface area (Å²) in [5, 5.41) is 17.0. The Morgan fingerprint density at radius 1 is 0.921 bits per heavy atom. The van der Waals surface area contributed by atoms with Crippen molar-refractivity contribution in [1.82, 2.24) is 31.2 Å². The third kappa shape index (κ3) is 4.18. The van der Waals surface area contributed by atoms with Gasteiger partial charge in [-0.25, -0.2) is 4.98 Å². The van der Waals surface area contributed by atoms with E-state index in [4.69, 9.17) is 0 Å². The summed E-state index contributed by atoms with van der Waals surface area (Å²) in [6, 6.07) is 23.6. The molecule has 7 rings (SSSR count). The van der Waals surface area contributed by atoms with E-state index in [1.165, 1.54) is 46.0 Å². The van der Waals surface area contributed by atoms with Gasteiger partial charge in [0.25, 0.3) is 0 Å². The Kier molecular flexibility index (Phi) is 5.94. The highest BCUT2D eigenvalue weighted by Gasteiger charge is 2.48. The van der Waals surface area contributed by atoms with Crippen LogP contribution >= 0.6 is 0 Å². The number of piperidine rings is 1. The summed E-state index contributed by atoms with van der Waals surface area (Å²) < 4.78 is 0. The number of nitrogens with one attached hydrogen (secondary N) is 5. The molecule has 2 aliphatic heterocycles. The fraction of sp³-hybridized carbons (Fsp3) is 0.344. The van der Waals surface area contributed by atoms with E-state index in [1.807, 2.05) is 13.2 Å². The molecule has 0 spiro atoms. The topological polar surface area (TPSA) is 76.8 Å². The zero-order valence-electron chi connectivity index (χ0n) is 22.1. The molecule has 1 saturated heterocycles. The van der Waals surface area contributed by atoms with Gasteiger partial charge in [0.2, 0.25) is 0 Å². The van der Waals surface area contributed by atoms with Gasteiger partial charge in [-0.05, 0) is 59.7 Å². The molecule has 4 aromatic rings. The Balaban J connectivity index is 1.14. The first-order chi connectivity index (χ1) is 18.7. The highest BCUT2D eigenvalue weighted by Crippen LogP contribution is 2.42. The lowest BCUT2D eigenvalue weighted by Gasteiger charge is -2.23. The van der Waals surface area contributed by atoms with E-state index in [2.05, 4.69) is 105 Å². The smallest absolute Gasteiger partial charge is 0.123 e. The molecule has 3 aromatic carbocycles. The maximum atomic E-state index is 4.65. The minimum Gasteiger partial charge on any atom is -0.368 e. The maximum Gasteiger partial charge on any atom is 0.123 e. The number of hydrogen-bond acceptors (Lipinski definition) is 5. The second-order valence-corrected chi connectivity index (χ2v) is 11.1. The summed E-state index contributed by atoms with van der Waals surface area (Å²) >= 11 is 0. The Morgan fingerprint density at radius 3 is 2.39 bits per heavy atom. The molecular weight excluding hydrogens is 468 g/mol. The second kappa shape index (κ2) is 9.61. The zero-order chi connectivity index (χ0) is 25.6. The zero-order valence-corrected chi connectivity index (χ0v) is 22.1. The van der Waals surface area contributed by atoms with Gasteiger partial charge in [0, 0.05) is 23.8 Å². The highest BCUT2D eigenvalue weighted by molar-refractivity contribution is 6.02. The Bertz CT molecular complexity index is 1480. The van der Waals surface area contributed by atoms with Crippen LogP contribution in [-0.2, 0) is 0 Å². The summed E-state index contributed by atoms with van der Waals surface area (Å²) in [7, 11) is 2.00. The molecule has 38 heavy (non-hydrogen) atoms. The van der Waals surface area contributed by atoms with Gasteiger partial charge in [0.05, 0.1) is 23.6 Å². The molecule has 1 aromatic heterocycles. The number of aromatic amines is 1. The van der Waals surface area contributed by atoms with E-state index in [0.717, 1.165) is 41.9 Å². The monoisotopic (exact) mass is 504 g/mol. The molecule has 3 aliphatic rings. The third-order valence-corrected chi connectivity index (χ3v) is 8.60. The standard InChI is InChI=1S/C32H36N6/c1-3-6-26(33-2)31-34-17-29(37-31)20-13-11-19(12-14-20)22-7-4-9-24-23(22)8-5-10-25(24)30-18-35-32(38-30)28-16-21-15-27(21)36-28/h4-5,7-14,17-18,21,26-28,32-33,35-36,38H,3,6,15-16H2,1-2H3,(H,34,37)/t21?,26-,27?,28?,32+/m0/s1. The van der Waals surface area contributed by atoms with E-state index in [1.54, 1.807) is 0 Å². The molecule has 0 radical (unpaired) electrons. The van der Waals surface area contributed by atoms with Crippen LogP contribution in [0.2, 0.25) is 0 Å². The fourth-order valence-corrected chi connectivity index (χ4v) is 6.40. The number of benzene rings is 3. The minimum atomic E-state index is 0.257. The molecule has 1 saturated carbocycles. The van der Waals surface area contributed by atoms with Crippen LogP contribution in [0.25, 0.3) is 38.9 Å². The van der Waals surface area contributed by atoms with Crippen LogP contribution in [0.3, 0.4) is 0 Å². The summed E-state index contributed by atoms with van der Waals surface area (Å²) in [5.74, 6) is 1.89. The first-order valence-corrected chi connectivity index (χ1v) is 14.1. The van der Waals surface area contributed by atoms with Gasteiger partial charge in [0.15, 0.2) is 0 Å². The molecule has 1 aliphatic carbocycles. The van der Waals surface area contributed by atoms with Crippen LogP contribution in [0.4, 0.5) is 0 Å². The molecule has 3 heterocycles. The lowest BCUT2D eigenvalue weighted by atomic mass is 9.94. The van der Waals surface area contributed by atoms with Crippen LogP contribution in [0.5, 0.6) is 0 Å². The molecule has 2 fully saturated rings. The number of imidazole rings is 1. The SMILES string of the molecule is CCC[C@H](NC)c1ncc(-c2ccc(-c3cccc4c(C5=CN[C@@H](C6CC7CC7N6)N5)cccc34)cc2)[nH]1. The normalized spacial score (nSPS) is 24.5. The summed E-state index contributed by atoms with van der Waals surface area (Å²) in [4.78, 5) is 8.17. The number of fused-ring (bicyclic) bond motifs is 2. The van der Waals surface area contributed by atoms with Crippen molar-refractivity contribution in [2.24, 2.45) is 5.92 Å². The van der Waals surface area contributed by atoms with Crippen molar-refractivity contribution in [2.75, 3.05) is 7.05 Å². The van der Waals surface area contributed by atoms with Crippen molar-refractivity contribution in [3.63, 3.8) is 0 Å². The van der Waals surface area contributed by atoms with Crippen LogP contribution in [0.1, 0.15) is 50.0 Å². The fourth-order valence-electron chi connectivity index (χ4n) is 6.40. The van der Waals surface area contributed by atoms with Gasteiger partial charge in [-0.2, -0.15) is 0 Å². The summed E-state index contributed by atoms with van der Waals surface area (Å²) in [6.07, 6.45) is 9.17. The maximum absolute atomic E-state index is 4.65. The van der Waals surface area contributed by atoms with Gasteiger partial charge in [-0.3, -0.25) is 0 Å². The van der Waals surface area contributed by atoms with E-state index >= 15 is 0 Å². The Morgan fingerprint density at radius 2 is 1.66 bits per heavy atom. The average Bonchev–Trinajstić information content (AvgIpc) is 3.38. The number of rotatable bonds is 8. The van der Waals surface area contributed by atoms with E-state index < -0.39 is 0 Å². The number of hydrogen-bond donors (Lipinski definition) is 5. The quantitative estimate of drug-likeness (QED) is 0.218. The van der Waals surface area contributed by atoms with Crippen LogP contribution in [-0.4, -0.2) is 35.3 Å². The molecule has 5 atom stereocenters. The molecule has 3 unspecified atom stereocenters. The Hall–Kier alpha value is -3.61. The van der Waals surface area contributed by atoms with Crippen LogP contribution in [0, 0.1) is 5.92 Å². The van der Waals surface area contributed by atoms with Gasteiger partial charge in [-0.15, -0.1) is 0 Å². The second-order valence-electron chi connectivity index (χ2n) is 11.1. The minimum absolute atomic E-state index is 0.257. The van der Waals surface area contributed by atoms with E-state index in [0.29, 0.717) is 6.04 Å². The van der Waals surface area contributed by atoms with Crippen molar-refractivity contribution < 1.29 is 0 Å². The Labute approximate surface area is 224 Å². The molecule has 0 amide bonds. The molecule has 0 bridgehead atoms. The van der Waals surface area contributed by atoms with Gasteiger partial charge in [-0.1, -0.05) is 74.0 Å². The number of H-pyrrole nitrogens is 1. The van der Waals surface area contributed by atoms with Crippen LogP contribution < -0.4 is 21.3 Å². The molecule has 6 nitrogen and oxygen atoms in total. The van der Waals surface area contributed by atoms with Crippen molar-refractivity contribution in [3.05, 3.63) is 84.4 Å². The predicted molar refractivity (Wildman–Crippen MR) is 155 cm³/mol. The van der Waals surface area contributed by atoms with E-state index in [-0.39, 0.29) is 12.2 Å². The lowest BCUT2D eigenvalue weighted by Crippen LogP contribution is -2.49. The largest absolute Gasteiger partial charge is 0.368 e. The first-order valence-electron chi connectivity index (χ1n) is 14.1. The summed E-state index contributed by atoms with van der Waals surface area (Å²) in [5.41, 5.74) is 7.09. The number of nitrogens with zero attached hydrogens (tertiary/aromatic N) is 1. The average molecular weight is 505 g/mol. The van der Waals surface area contributed by atoms with Gasteiger partial charge in [0.1, 0.15) is 12.0 Å². The van der Waals surface area contributed by atoms with Crippen molar-refractivity contribution in [1.29, 1.82) is 0 Å². The van der Waals surface area contributed by atoms with Crippen molar-refractivity contribution in [3.8, 4) is 22.4 Å². The van der Waals surface area contributed by atoms with Crippen molar-refractivity contribution >= 4 is 16.5 Å². The highest BCUT2D eigenvalue weighted by atomic mass is 15.2. The molecular formula is C32H36N6. The van der Waals surface area contributed by atoms with Crippen LogP contribution in [0.15, 0.2) is 73.1 Å². The summed E-state index contributed by atoms with van der Waals surface area (Å²) in [6.45, 7) is 2.20. The third-order valence-electron chi connectivity index (χ3n) is 8.60. The first kappa shape index (κ1) is 23.5. The molecule has 6 heteroatoms. The lowest BCUT2D eigenvalue weighted by molar-refractivity contribution is 0.399.